The molecule has 0 saturated carbocycles. The summed E-state index contributed by atoms with van der Waals surface area (Å²) in [6.07, 6.45) is 3.49. The maximum Gasteiger partial charge on any atom is 0.194 e. The van der Waals surface area contributed by atoms with E-state index in [2.05, 4.69) is 41.6 Å². The number of rotatable bonds is 5. The van der Waals surface area contributed by atoms with Gasteiger partial charge in [0.05, 0.1) is 0 Å². The normalized spacial score (nSPS) is 10.4. The average Bonchev–Trinajstić information content (AvgIpc) is 2.45. The van der Waals surface area contributed by atoms with Gasteiger partial charge >= 0.3 is 0 Å². The van der Waals surface area contributed by atoms with Gasteiger partial charge in [0.25, 0.3) is 0 Å². The summed E-state index contributed by atoms with van der Waals surface area (Å²) in [5, 5.41) is 0. The van der Waals surface area contributed by atoms with Crippen LogP contribution in [0.3, 0.4) is 0 Å². The molecule has 2 rings (SSSR count). The van der Waals surface area contributed by atoms with Crippen molar-refractivity contribution >= 4 is 28.4 Å². The second-order valence-corrected chi connectivity index (χ2v) is 5.77. The van der Waals surface area contributed by atoms with E-state index in [0.29, 0.717) is 0 Å². The van der Waals surface area contributed by atoms with Crippen molar-refractivity contribution in [3.05, 3.63) is 68.8 Å². The lowest BCUT2D eigenvalue weighted by atomic mass is 10.0. The van der Waals surface area contributed by atoms with Crippen molar-refractivity contribution in [1.29, 1.82) is 0 Å². The zero-order valence-corrected chi connectivity index (χ0v) is 13.2. The molecule has 0 aliphatic heterocycles. The molecule has 2 aromatic rings. The SMILES string of the molecule is CCCCc1ccc(C(=O)c2ccccc2I)cc1. The molecule has 0 atom stereocenters. The smallest absolute Gasteiger partial charge is 0.194 e. The molecule has 0 aliphatic rings. The molecular weight excluding hydrogens is 347 g/mol. The van der Waals surface area contributed by atoms with E-state index in [4.69, 9.17) is 0 Å². The number of hydrogen-bond acceptors (Lipinski definition) is 1. The maximum atomic E-state index is 12.4. The van der Waals surface area contributed by atoms with Crippen LogP contribution >= 0.6 is 22.6 Å². The third-order valence-corrected chi connectivity index (χ3v) is 4.09. The van der Waals surface area contributed by atoms with Gasteiger partial charge in [-0.25, -0.2) is 0 Å². The molecule has 0 bridgehead atoms. The Morgan fingerprint density at radius 2 is 1.74 bits per heavy atom. The summed E-state index contributed by atoms with van der Waals surface area (Å²) in [5.74, 6) is 0.104. The summed E-state index contributed by atoms with van der Waals surface area (Å²) >= 11 is 2.21. The Morgan fingerprint density at radius 1 is 1.05 bits per heavy atom. The molecule has 0 unspecified atom stereocenters. The monoisotopic (exact) mass is 364 g/mol. The predicted octanol–water partition coefficient (Wildman–Crippen LogP) is 4.86. The van der Waals surface area contributed by atoms with Gasteiger partial charge in [0.2, 0.25) is 0 Å². The lowest BCUT2D eigenvalue weighted by molar-refractivity contribution is 0.103. The molecular formula is C17H17IO. The second kappa shape index (κ2) is 6.85. The number of carbonyl (C=O) groups is 1. The highest BCUT2D eigenvalue weighted by atomic mass is 127. The Hall–Kier alpha value is -1.16. The van der Waals surface area contributed by atoms with Crippen molar-refractivity contribution in [2.45, 2.75) is 26.2 Å². The van der Waals surface area contributed by atoms with Gasteiger partial charge < -0.3 is 0 Å². The Bertz CT molecular complexity index is 558. The van der Waals surface area contributed by atoms with Gasteiger partial charge in [0.15, 0.2) is 5.78 Å². The van der Waals surface area contributed by atoms with Crippen LogP contribution in [0.1, 0.15) is 41.3 Å². The van der Waals surface area contributed by atoms with Crippen molar-refractivity contribution in [1.82, 2.24) is 0 Å². The number of benzene rings is 2. The molecule has 0 fully saturated rings. The summed E-state index contributed by atoms with van der Waals surface area (Å²) in [4.78, 5) is 12.4. The van der Waals surface area contributed by atoms with E-state index in [1.165, 1.54) is 18.4 Å². The highest BCUT2D eigenvalue weighted by Gasteiger charge is 2.11. The third-order valence-electron chi connectivity index (χ3n) is 3.15. The van der Waals surface area contributed by atoms with Crippen molar-refractivity contribution in [2.24, 2.45) is 0 Å². The topological polar surface area (TPSA) is 17.1 Å². The standard InChI is InChI=1S/C17H17IO/c1-2-3-6-13-9-11-14(12-10-13)17(19)15-7-4-5-8-16(15)18/h4-5,7-12H,2-3,6H2,1H3. The molecule has 0 saturated heterocycles. The van der Waals surface area contributed by atoms with Gasteiger partial charge in [-0.3, -0.25) is 4.79 Å². The minimum atomic E-state index is 0.104. The first-order valence-electron chi connectivity index (χ1n) is 6.60. The largest absolute Gasteiger partial charge is 0.289 e. The van der Waals surface area contributed by atoms with Crippen molar-refractivity contribution in [3.8, 4) is 0 Å². The first kappa shape index (κ1) is 14.3. The van der Waals surface area contributed by atoms with Crippen molar-refractivity contribution < 1.29 is 4.79 Å². The van der Waals surface area contributed by atoms with E-state index in [1.807, 2.05) is 36.4 Å². The van der Waals surface area contributed by atoms with Crippen LogP contribution in [0.2, 0.25) is 0 Å². The molecule has 19 heavy (non-hydrogen) atoms. The fourth-order valence-corrected chi connectivity index (χ4v) is 2.64. The maximum absolute atomic E-state index is 12.4. The first-order chi connectivity index (χ1) is 9.22. The molecule has 0 radical (unpaired) electrons. The number of carbonyl (C=O) groups excluding carboxylic acids is 1. The molecule has 0 spiro atoms. The van der Waals surface area contributed by atoms with Crippen molar-refractivity contribution in [3.63, 3.8) is 0 Å². The molecule has 1 nitrogen and oxygen atoms in total. The number of unbranched alkanes of at least 4 members (excludes halogenated alkanes) is 1. The number of ketones is 1. The quantitative estimate of drug-likeness (QED) is 0.547. The van der Waals surface area contributed by atoms with Gasteiger partial charge in [-0.1, -0.05) is 49.7 Å². The molecule has 2 heteroatoms. The van der Waals surface area contributed by atoms with Crippen LogP contribution in [-0.2, 0) is 6.42 Å². The van der Waals surface area contributed by atoms with E-state index in [-0.39, 0.29) is 5.78 Å². The summed E-state index contributed by atoms with van der Waals surface area (Å²) in [6.45, 7) is 2.19. The summed E-state index contributed by atoms with van der Waals surface area (Å²) < 4.78 is 1.00. The van der Waals surface area contributed by atoms with Crippen molar-refractivity contribution in [2.75, 3.05) is 0 Å². The Labute approximate surface area is 128 Å². The van der Waals surface area contributed by atoms with E-state index < -0.39 is 0 Å². The van der Waals surface area contributed by atoms with Crippen LogP contribution in [0, 0.1) is 3.57 Å². The number of aryl methyl sites for hydroxylation is 1. The molecule has 0 aromatic heterocycles. The highest BCUT2D eigenvalue weighted by molar-refractivity contribution is 14.1. The van der Waals surface area contributed by atoms with E-state index in [0.717, 1.165) is 21.1 Å². The number of halogens is 1. The highest BCUT2D eigenvalue weighted by Crippen LogP contribution is 2.17. The van der Waals surface area contributed by atoms with Gasteiger partial charge in [-0.2, -0.15) is 0 Å². The fraction of sp³-hybridized carbons (Fsp3) is 0.235. The van der Waals surface area contributed by atoms with Crippen LogP contribution < -0.4 is 0 Å². The van der Waals surface area contributed by atoms with Gasteiger partial charge in [0, 0.05) is 14.7 Å². The van der Waals surface area contributed by atoms with Crippen LogP contribution in [0.4, 0.5) is 0 Å². The molecule has 98 valence electrons. The second-order valence-electron chi connectivity index (χ2n) is 4.61. The molecule has 2 aromatic carbocycles. The lowest BCUT2D eigenvalue weighted by Gasteiger charge is -2.05. The first-order valence-corrected chi connectivity index (χ1v) is 7.68. The summed E-state index contributed by atoms with van der Waals surface area (Å²) in [5.41, 5.74) is 2.86. The predicted molar refractivity (Wildman–Crippen MR) is 87.6 cm³/mol. The Kier molecular flexibility index (Phi) is 5.14. The van der Waals surface area contributed by atoms with Gasteiger partial charge in [-0.15, -0.1) is 0 Å². The lowest BCUT2D eigenvalue weighted by Crippen LogP contribution is -2.03. The van der Waals surface area contributed by atoms with Crippen LogP contribution in [-0.4, -0.2) is 5.78 Å². The minimum absolute atomic E-state index is 0.104. The van der Waals surface area contributed by atoms with E-state index in [1.54, 1.807) is 0 Å². The zero-order valence-electron chi connectivity index (χ0n) is 11.0. The average molecular weight is 364 g/mol. The summed E-state index contributed by atoms with van der Waals surface area (Å²) in [6, 6.07) is 15.7. The van der Waals surface area contributed by atoms with E-state index in [9.17, 15) is 4.79 Å². The van der Waals surface area contributed by atoms with Gasteiger partial charge in [-0.05, 0) is 53.1 Å². The Balaban J connectivity index is 2.18. The third kappa shape index (κ3) is 3.66. The molecule has 0 amide bonds. The Morgan fingerprint density at radius 3 is 2.37 bits per heavy atom. The molecule has 0 aliphatic carbocycles. The molecule has 0 N–H and O–H groups in total. The fourth-order valence-electron chi connectivity index (χ4n) is 2.00. The van der Waals surface area contributed by atoms with E-state index >= 15 is 0 Å². The minimum Gasteiger partial charge on any atom is -0.289 e. The zero-order chi connectivity index (χ0) is 13.7. The van der Waals surface area contributed by atoms with Crippen LogP contribution in [0.15, 0.2) is 48.5 Å². The van der Waals surface area contributed by atoms with Crippen LogP contribution in [0.25, 0.3) is 0 Å². The summed E-state index contributed by atoms with van der Waals surface area (Å²) in [7, 11) is 0. The van der Waals surface area contributed by atoms with Gasteiger partial charge in [0.1, 0.15) is 0 Å². The molecule has 0 heterocycles. The number of hydrogen-bond donors (Lipinski definition) is 0. The van der Waals surface area contributed by atoms with Crippen LogP contribution in [0.5, 0.6) is 0 Å².